The molecule has 1 amide bonds. The highest BCUT2D eigenvalue weighted by molar-refractivity contribution is 6.31. The summed E-state index contributed by atoms with van der Waals surface area (Å²) in [6.45, 7) is 1.63. The number of hydrogen-bond acceptors (Lipinski definition) is 3. The molecule has 0 radical (unpaired) electrons. The van der Waals surface area contributed by atoms with Gasteiger partial charge < -0.3 is 14.8 Å². The lowest BCUT2D eigenvalue weighted by Gasteiger charge is -2.14. The van der Waals surface area contributed by atoms with Crippen molar-refractivity contribution in [1.82, 2.24) is 5.32 Å². The van der Waals surface area contributed by atoms with Gasteiger partial charge in [0.15, 0.2) is 0 Å². The maximum Gasteiger partial charge on any atom is 0.252 e. The molecule has 4 nitrogen and oxygen atoms in total. The van der Waals surface area contributed by atoms with Crippen LogP contribution in [0.3, 0.4) is 0 Å². The Morgan fingerprint density at radius 3 is 2.84 bits per heavy atom. The van der Waals surface area contributed by atoms with Gasteiger partial charge in [0.25, 0.3) is 5.91 Å². The van der Waals surface area contributed by atoms with Crippen molar-refractivity contribution in [2.45, 2.75) is 13.0 Å². The maximum atomic E-state index is 12.1. The number of hydrogen-bond donors (Lipinski definition) is 2. The molecule has 100 valence electrons. The summed E-state index contributed by atoms with van der Waals surface area (Å²) in [6, 6.07) is 7.90. The number of amides is 1. The predicted molar refractivity (Wildman–Crippen MR) is 72.2 cm³/mol. The van der Waals surface area contributed by atoms with E-state index in [1.54, 1.807) is 30.3 Å². The van der Waals surface area contributed by atoms with Crippen LogP contribution < -0.4 is 5.32 Å². The van der Waals surface area contributed by atoms with Gasteiger partial charge in [-0.15, -0.1) is 0 Å². The number of halogens is 1. The molecule has 2 rings (SSSR count). The van der Waals surface area contributed by atoms with Crippen LogP contribution in [-0.2, 0) is 0 Å². The molecule has 0 aliphatic heterocycles. The van der Waals surface area contributed by atoms with Crippen LogP contribution in [0.4, 0.5) is 0 Å². The van der Waals surface area contributed by atoms with Crippen molar-refractivity contribution in [3.63, 3.8) is 0 Å². The molecule has 0 aliphatic rings. The zero-order valence-corrected chi connectivity index (χ0v) is 11.1. The van der Waals surface area contributed by atoms with Crippen LogP contribution in [0.25, 0.3) is 0 Å². The average Bonchev–Trinajstić information content (AvgIpc) is 2.92. The number of carbonyl (C=O) groups is 1. The second-order valence-electron chi connectivity index (χ2n) is 4.19. The Balaban J connectivity index is 2.13. The van der Waals surface area contributed by atoms with E-state index in [2.05, 4.69) is 5.32 Å². The van der Waals surface area contributed by atoms with Crippen molar-refractivity contribution in [3.05, 3.63) is 58.5 Å². The first kappa shape index (κ1) is 13.6. The molecule has 0 saturated heterocycles. The highest BCUT2D eigenvalue weighted by atomic mass is 35.5. The summed E-state index contributed by atoms with van der Waals surface area (Å²) in [5.74, 6) is 0.200. The molecule has 1 aromatic heterocycles. The van der Waals surface area contributed by atoms with Crippen LogP contribution in [0.15, 0.2) is 41.0 Å². The first-order chi connectivity index (χ1) is 9.11. The summed E-state index contributed by atoms with van der Waals surface area (Å²) >= 11 is 5.98. The Hall–Kier alpha value is -1.78. The van der Waals surface area contributed by atoms with E-state index >= 15 is 0 Å². The summed E-state index contributed by atoms with van der Waals surface area (Å²) in [4.78, 5) is 12.1. The molecule has 2 aromatic rings. The number of benzene rings is 1. The summed E-state index contributed by atoms with van der Waals surface area (Å²) in [5, 5.41) is 12.5. The van der Waals surface area contributed by atoms with Gasteiger partial charge >= 0.3 is 0 Å². The predicted octanol–water partition coefficient (Wildman–Crippen LogP) is 2.70. The Bertz CT molecular complexity index is 566. The maximum absolute atomic E-state index is 12.1. The second kappa shape index (κ2) is 5.91. The number of carbonyl (C=O) groups excluding carboxylic acids is 1. The van der Waals surface area contributed by atoms with Gasteiger partial charge in [0.1, 0.15) is 11.8 Å². The zero-order chi connectivity index (χ0) is 13.8. The van der Waals surface area contributed by atoms with Crippen molar-refractivity contribution < 1.29 is 14.3 Å². The van der Waals surface area contributed by atoms with Gasteiger partial charge in [-0.2, -0.15) is 0 Å². The van der Waals surface area contributed by atoms with E-state index in [9.17, 15) is 9.90 Å². The highest BCUT2D eigenvalue weighted by Gasteiger charge is 2.17. The summed E-state index contributed by atoms with van der Waals surface area (Å²) in [7, 11) is 0. The quantitative estimate of drug-likeness (QED) is 0.904. The van der Waals surface area contributed by atoms with Crippen LogP contribution in [0.2, 0.25) is 5.02 Å². The van der Waals surface area contributed by atoms with Crippen molar-refractivity contribution in [2.75, 3.05) is 6.61 Å². The minimum absolute atomic E-state index is 0.237. The van der Waals surface area contributed by atoms with Gasteiger partial charge in [-0.05, 0) is 36.8 Å². The van der Waals surface area contributed by atoms with Crippen molar-refractivity contribution in [1.29, 1.82) is 0 Å². The molecule has 1 unspecified atom stereocenters. The molecular formula is C14H14ClNO3. The third kappa shape index (κ3) is 3.16. The van der Waals surface area contributed by atoms with Crippen LogP contribution in [-0.4, -0.2) is 17.6 Å². The normalized spacial score (nSPS) is 12.2. The number of rotatable bonds is 4. The first-order valence-electron chi connectivity index (χ1n) is 5.83. The Labute approximate surface area is 116 Å². The molecule has 0 spiro atoms. The fraction of sp³-hybridized carbons (Fsp3) is 0.214. The van der Waals surface area contributed by atoms with Crippen LogP contribution in [0, 0.1) is 6.92 Å². The van der Waals surface area contributed by atoms with Gasteiger partial charge in [-0.25, -0.2) is 0 Å². The van der Waals surface area contributed by atoms with Gasteiger partial charge in [0, 0.05) is 10.6 Å². The number of aliphatic hydroxyl groups excluding tert-OH is 1. The number of furan rings is 1. The monoisotopic (exact) mass is 279 g/mol. The van der Waals surface area contributed by atoms with Crippen LogP contribution in [0.5, 0.6) is 0 Å². The minimum Gasteiger partial charge on any atom is -0.467 e. The second-order valence-corrected chi connectivity index (χ2v) is 4.60. The van der Waals surface area contributed by atoms with Crippen molar-refractivity contribution in [2.24, 2.45) is 0 Å². The molecule has 0 bridgehead atoms. The topological polar surface area (TPSA) is 62.5 Å². The molecule has 1 atom stereocenters. The molecule has 1 aromatic carbocycles. The lowest BCUT2D eigenvalue weighted by molar-refractivity contribution is 0.0907. The standard InChI is InChI=1S/C14H14ClNO3/c1-9-4-5-10(7-11(9)15)14(18)16-12(8-17)13-3-2-6-19-13/h2-7,12,17H,8H2,1H3,(H,16,18). The Morgan fingerprint density at radius 2 is 2.26 bits per heavy atom. The van der Waals surface area contributed by atoms with E-state index in [0.717, 1.165) is 5.56 Å². The Morgan fingerprint density at radius 1 is 1.47 bits per heavy atom. The molecular weight excluding hydrogens is 266 g/mol. The highest BCUT2D eigenvalue weighted by Crippen LogP contribution is 2.18. The van der Waals surface area contributed by atoms with E-state index in [1.165, 1.54) is 6.26 Å². The third-order valence-electron chi connectivity index (χ3n) is 2.81. The fourth-order valence-electron chi connectivity index (χ4n) is 1.67. The van der Waals surface area contributed by atoms with E-state index < -0.39 is 6.04 Å². The lowest BCUT2D eigenvalue weighted by Crippen LogP contribution is -2.30. The third-order valence-corrected chi connectivity index (χ3v) is 3.22. The van der Waals surface area contributed by atoms with Gasteiger partial charge in [-0.3, -0.25) is 4.79 Å². The Kier molecular flexibility index (Phi) is 4.24. The van der Waals surface area contributed by atoms with E-state index in [4.69, 9.17) is 16.0 Å². The molecule has 0 aliphatic carbocycles. The summed E-state index contributed by atoms with van der Waals surface area (Å²) < 4.78 is 5.17. The van der Waals surface area contributed by atoms with Crippen molar-refractivity contribution in [3.8, 4) is 0 Å². The first-order valence-corrected chi connectivity index (χ1v) is 6.21. The molecule has 0 saturated carbocycles. The molecule has 0 fully saturated rings. The van der Waals surface area contributed by atoms with E-state index in [0.29, 0.717) is 16.3 Å². The van der Waals surface area contributed by atoms with E-state index in [1.807, 2.05) is 6.92 Å². The number of nitrogens with one attached hydrogen (secondary N) is 1. The van der Waals surface area contributed by atoms with Crippen LogP contribution >= 0.6 is 11.6 Å². The van der Waals surface area contributed by atoms with Gasteiger partial charge in [0.2, 0.25) is 0 Å². The summed E-state index contributed by atoms with van der Waals surface area (Å²) in [6.07, 6.45) is 1.49. The molecule has 2 N–H and O–H groups in total. The largest absolute Gasteiger partial charge is 0.467 e. The van der Waals surface area contributed by atoms with Crippen molar-refractivity contribution >= 4 is 17.5 Å². The summed E-state index contributed by atoms with van der Waals surface area (Å²) in [5.41, 5.74) is 1.35. The minimum atomic E-state index is -0.567. The zero-order valence-electron chi connectivity index (χ0n) is 10.4. The SMILES string of the molecule is Cc1ccc(C(=O)NC(CO)c2ccco2)cc1Cl. The number of aliphatic hydroxyl groups is 1. The smallest absolute Gasteiger partial charge is 0.252 e. The van der Waals surface area contributed by atoms with Gasteiger partial charge in [-0.1, -0.05) is 17.7 Å². The molecule has 19 heavy (non-hydrogen) atoms. The molecule has 5 heteroatoms. The lowest BCUT2D eigenvalue weighted by atomic mass is 10.1. The molecule has 1 heterocycles. The van der Waals surface area contributed by atoms with Crippen LogP contribution in [0.1, 0.15) is 27.7 Å². The number of aryl methyl sites for hydroxylation is 1. The van der Waals surface area contributed by atoms with E-state index in [-0.39, 0.29) is 12.5 Å². The fourth-order valence-corrected chi connectivity index (χ4v) is 1.85. The van der Waals surface area contributed by atoms with Gasteiger partial charge in [0.05, 0.1) is 12.9 Å². The average molecular weight is 280 g/mol.